The van der Waals surface area contributed by atoms with Crippen molar-refractivity contribution in [3.63, 3.8) is 0 Å². The van der Waals surface area contributed by atoms with Crippen LogP contribution in [-0.4, -0.2) is 6.29 Å². The molecule has 62 valence electrons. The average Bonchev–Trinajstić information content (AvgIpc) is 2.47. The summed E-state index contributed by atoms with van der Waals surface area (Å²) in [5.41, 5.74) is 0. The molecule has 0 radical (unpaired) electrons. The molecule has 0 heterocycles. The first kappa shape index (κ1) is 7.33. The zero-order valence-corrected chi connectivity index (χ0v) is 6.96. The second-order valence-corrected chi connectivity index (χ2v) is 4.09. The summed E-state index contributed by atoms with van der Waals surface area (Å²) in [5, 5.41) is 0. The summed E-state index contributed by atoms with van der Waals surface area (Å²) in [6.07, 6.45) is 9.21. The molecular formula is C10H16O. The maximum Gasteiger partial charge on any atom is 0.123 e. The van der Waals surface area contributed by atoms with Gasteiger partial charge in [0.25, 0.3) is 0 Å². The predicted molar refractivity (Wildman–Crippen MR) is 44.2 cm³/mol. The summed E-state index contributed by atoms with van der Waals surface area (Å²) in [4.78, 5) is 10.7. The van der Waals surface area contributed by atoms with Crippen molar-refractivity contribution in [3.05, 3.63) is 0 Å². The van der Waals surface area contributed by atoms with Crippen LogP contribution >= 0.6 is 0 Å². The molecule has 11 heavy (non-hydrogen) atoms. The molecular weight excluding hydrogens is 136 g/mol. The van der Waals surface area contributed by atoms with Crippen LogP contribution in [0.15, 0.2) is 0 Å². The number of hydrogen-bond acceptors (Lipinski definition) is 1. The second-order valence-electron chi connectivity index (χ2n) is 4.09. The molecule has 3 unspecified atom stereocenters. The molecule has 2 rings (SSSR count). The van der Waals surface area contributed by atoms with E-state index in [1.165, 1.54) is 44.8 Å². The molecule has 2 saturated carbocycles. The average molecular weight is 152 g/mol. The molecule has 0 aromatic heterocycles. The van der Waals surface area contributed by atoms with E-state index in [2.05, 4.69) is 0 Å². The molecule has 2 fully saturated rings. The highest BCUT2D eigenvalue weighted by atomic mass is 16.1. The van der Waals surface area contributed by atoms with Crippen molar-refractivity contribution >= 4 is 6.29 Å². The molecule has 0 aliphatic heterocycles. The molecule has 0 bridgehead atoms. The minimum Gasteiger partial charge on any atom is -0.303 e. The summed E-state index contributed by atoms with van der Waals surface area (Å²) < 4.78 is 0. The quantitative estimate of drug-likeness (QED) is 0.527. The highest BCUT2D eigenvalue weighted by Crippen LogP contribution is 2.44. The highest BCUT2D eigenvalue weighted by Gasteiger charge is 2.36. The summed E-state index contributed by atoms with van der Waals surface area (Å²) in [7, 11) is 0. The van der Waals surface area contributed by atoms with Crippen molar-refractivity contribution in [2.24, 2.45) is 17.8 Å². The largest absolute Gasteiger partial charge is 0.303 e. The molecule has 3 atom stereocenters. The Bertz CT molecular complexity index is 153. The molecule has 0 aromatic carbocycles. The first-order valence-corrected chi connectivity index (χ1v) is 4.87. The zero-order chi connectivity index (χ0) is 7.68. The van der Waals surface area contributed by atoms with E-state index < -0.39 is 0 Å². The van der Waals surface area contributed by atoms with Crippen molar-refractivity contribution in [3.8, 4) is 0 Å². The van der Waals surface area contributed by atoms with Crippen LogP contribution in [0, 0.1) is 17.8 Å². The Morgan fingerprint density at radius 2 is 1.82 bits per heavy atom. The van der Waals surface area contributed by atoms with Crippen LogP contribution in [0.4, 0.5) is 0 Å². The van der Waals surface area contributed by atoms with E-state index in [1.54, 1.807) is 0 Å². The first-order chi connectivity index (χ1) is 5.42. The Labute approximate surface area is 68.2 Å². The van der Waals surface area contributed by atoms with Crippen LogP contribution in [0.3, 0.4) is 0 Å². The molecule has 1 nitrogen and oxygen atoms in total. The van der Waals surface area contributed by atoms with Gasteiger partial charge in [-0.2, -0.15) is 0 Å². The lowest BCUT2D eigenvalue weighted by Gasteiger charge is -2.26. The van der Waals surface area contributed by atoms with Crippen LogP contribution < -0.4 is 0 Å². The van der Waals surface area contributed by atoms with Crippen LogP contribution in [0.5, 0.6) is 0 Å². The van der Waals surface area contributed by atoms with Gasteiger partial charge in [0, 0.05) is 5.92 Å². The van der Waals surface area contributed by atoms with Gasteiger partial charge >= 0.3 is 0 Å². The summed E-state index contributed by atoms with van der Waals surface area (Å²) in [6, 6.07) is 0. The fourth-order valence-corrected chi connectivity index (χ4v) is 2.95. The summed E-state index contributed by atoms with van der Waals surface area (Å²) in [6.45, 7) is 0. The van der Waals surface area contributed by atoms with Gasteiger partial charge < -0.3 is 4.79 Å². The minimum absolute atomic E-state index is 0.431. The third kappa shape index (κ3) is 1.21. The fraction of sp³-hybridized carbons (Fsp3) is 0.900. The Morgan fingerprint density at radius 1 is 1.00 bits per heavy atom. The lowest BCUT2D eigenvalue weighted by molar-refractivity contribution is -0.112. The van der Waals surface area contributed by atoms with Crippen LogP contribution in [0.2, 0.25) is 0 Å². The van der Waals surface area contributed by atoms with Gasteiger partial charge in [0.05, 0.1) is 0 Å². The lowest BCUT2D eigenvalue weighted by Crippen LogP contribution is -2.19. The Balaban J connectivity index is 2.03. The van der Waals surface area contributed by atoms with Crippen LogP contribution in [0.25, 0.3) is 0 Å². The Kier molecular flexibility index (Phi) is 1.97. The van der Waals surface area contributed by atoms with Crippen molar-refractivity contribution < 1.29 is 4.79 Å². The number of fused-ring (bicyclic) bond motifs is 1. The maximum atomic E-state index is 10.7. The molecule has 0 aromatic rings. The predicted octanol–water partition coefficient (Wildman–Crippen LogP) is 2.40. The Hall–Kier alpha value is -0.330. The molecule has 0 amide bonds. The fourth-order valence-electron chi connectivity index (χ4n) is 2.95. The van der Waals surface area contributed by atoms with Gasteiger partial charge in [-0.15, -0.1) is 0 Å². The van der Waals surface area contributed by atoms with Crippen molar-refractivity contribution in [1.82, 2.24) is 0 Å². The van der Waals surface area contributed by atoms with Crippen LogP contribution in [0.1, 0.15) is 38.5 Å². The standard InChI is InChI=1S/C10H16O/c11-7-9-6-5-8-3-1-2-4-10(8)9/h7-10H,1-6H2. The maximum absolute atomic E-state index is 10.7. The zero-order valence-electron chi connectivity index (χ0n) is 6.96. The van der Waals surface area contributed by atoms with Gasteiger partial charge in [-0.05, 0) is 31.1 Å². The van der Waals surface area contributed by atoms with E-state index in [-0.39, 0.29) is 0 Å². The van der Waals surface area contributed by atoms with Gasteiger partial charge in [0.15, 0.2) is 0 Å². The normalized spacial score (nSPS) is 43.5. The Morgan fingerprint density at radius 3 is 2.64 bits per heavy atom. The SMILES string of the molecule is O=CC1CCC2CCCCC12. The minimum atomic E-state index is 0.431. The van der Waals surface area contributed by atoms with Gasteiger partial charge in [-0.25, -0.2) is 0 Å². The number of carbonyl (C=O) groups excluding carboxylic acids is 1. The smallest absolute Gasteiger partial charge is 0.123 e. The number of carbonyl (C=O) groups is 1. The van der Waals surface area contributed by atoms with Crippen LogP contribution in [-0.2, 0) is 4.79 Å². The molecule has 0 N–H and O–H groups in total. The van der Waals surface area contributed by atoms with Crippen molar-refractivity contribution in [2.45, 2.75) is 38.5 Å². The summed E-state index contributed by atoms with van der Waals surface area (Å²) >= 11 is 0. The number of rotatable bonds is 1. The van der Waals surface area contributed by atoms with Gasteiger partial charge in [-0.1, -0.05) is 19.3 Å². The number of aldehydes is 1. The number of hydrogen-bond donors (Lipinski definition) is 0. The topological polar surface area (TPSA) is 17.1 Å². The molecule has 0 spiro atoms. The van der Waals surface area contributed by atoms with E-state index in [0.29, 0.717) is 5.92 Å². The summed E-state index contributed by atoms with van der Waals surface area (Å²) in [5.74, 6) is 2.13. The van der Waals surface area contributed by atoms with E-state index >= 15 is 0 Å². The molecule has 2 aliphatic carbocycles. The highest BCUT2D eigenvalue weighted by molar-refractivity contribution is 5.54. The van der Waals surface area contributed by atoms with Gasteiger partial charge in [0.2, 0.25) is 0 Å². The molecule has 2 aliphatic rings. The third-order valence-electron chi connectivity index (χ3n) is 3.56. The lowest BCUT2D eigenvalue weighted by atomic mass is 9.78. The van der Waals surface area contributed by atoms with E-state index in [0.717, 1.165) is 11.8 Å². The van der Waals surface area contributed by atoms with Gasteiger partial charge in [0.1, 0.15) is 6.29 Å². The first-order valence-electron chi connectivity index (χ1n) is 4.87. The molecule has 1 heteroatoms. The van der Waals surface area contributed by atoms with E-state index in [9.17, 15) is 4.79 Å². The monoisotopic (exact) mass is 152 g/mol. The van der Waals surface area contributed by atoms with Crippen molar-refractivity contribution in [1.29, 1.82) is 0 Å². The van der Waals surface area contributed by atoms with Crippen molar-refractivity contribution in [2.75, 3.05) is 0 Å². The second kappa shape index (κ2) is 2.96. The third-order valence-corrected chi connectivity index (χ3v) is 3.56. The van der Waals surface area contributed by atoms with E-state index in [4.69, 9.17) is 0 Å². The molecule has 0 saturated heterocycles. The van der Waals surface area contributed by atoms with E-state index in [1.807, 2.05) is 0 Å². The van der Waals surface area contributed by atoms with Gasteiger partial charge in [-0.3, -0.25) is 0 Å².